The molecule has 8 heteroatoms. The van der Waals surface area contributed by atoms with E-state index in [9.17, 15) is 18.0 Å². The van der Waals surface area contributed by atoms with E-state index in [-0.39, 0.29) is 12.3 Å². The van der Waals surface area contributed by atoms with E-state index in [1.165, 1.54) is 17.8 Å². The molecule has 3 aromatic rings. The molecule has 0 bridgehead atoms. The van der Waals surface area contributed by atoms with Crippen LogP contribution in [0.1, 0.15) is 22.4 Å². The van der Waals surface area contributed by atoms with Gasteiger partial charge in [-0.3, -0.25) is 9.78 Å². The number of halogens is 3. The van der Waals surface area contributed by atoms with Crippen molar-refractivity contribution in [2.75, 3.05) is 38.1 Å². The van der Waals surface area contributed by atoms with Crippen molar-refractivity contribution in [3.8, 4) is 11.1 Å². The molecule has 1 fully saturated rings. The molecule has 5 rings (SSSR count). The topological polar surface area (TPSA) is 48.5 Å². The standard InChI is InChI=1S/C28H27F3N4O/c1-34-12-14-35(15-13-34)23-8-4-20(5-9-23)21-17-24-25(32-18-21)10-11-26(24)33-27(36)16-19-2-6-22(7-3-19)28(29,30)31/h2-9,11,17-18H,10,12-16H2,1H3,(H,33,36). The lowest BCUT2D eigenvalue weighted by molar-refractivity contribution is -0.137. The molecule has 1 aromatic heterocycles. The number of likely N-dealkylation sites (N-methyl/N-ethyl adjacent to an activating group) is 1. The predicted octanol–water partition coefficient (Wildman–Crippen LogP) is 4.78. The molecule has 1 aliphatic carbocycles. The minimum Gasteiger partial charge on any atom is -0.369 e. The summed E-state index contributed by atoms with van der Waals surface area (Å²) < 4.78 is 38.3. The highest BCUT2D eigenvalue weighted by molar-refractivity contribution is 5.90. The average Bonchev–Trinajstić information content (AvgIpc) is 3.26. The minimum atomic E-state index is -4.39. The van der Waals surface area contributed by atoms with Gasteiger partial charge in [-0.15, -0.1) is 0 Å². The Hall–Kier alpha value is -3.65. The van der Waals surface area contributed by atoms with Gasteiger partial charge >= 0.3 is 6.18 Å². The Morgan fingerprint density at radius 2 is 1.67 bits per heavy atom. The van der Waals surface area contributed by atoms with Gasteiger partial charge in [0.15, 0.2) is 0 Å². The quantitative estimate of drug-likeness (QED) is 0.557. The summed E-state index contributed by atoms with van der Waals surface area (Å²) >= 11 is 0. The Labute approximate surface area is 208 Å². The van der Waals surface area contributed by atoms with Crippen LogP contribution in [0.4, 0.5) is 18.9 Å². The van der Waals surface area contributed by atoms with E-state index in [1.54, 1.807) is 0 Å². The van der Waals surface area contributed by atoms with E-state index < -0.39 is 11.7 Å². The maximum absolute atomic E-state index is 12.8. The fourth-order valence-corrected chi connectivity index (χ4v) is 4.59. The summed E-state index contributed by atoms with van der Waals surface area (Å²) in [6.07, 6.45) is -0.0125. The monoisotopic (exact) mass is 492 g/mol. The second-order valence-corrected chi connectivity index (χ2v) is 9.30. The zero-order valence-corrected chi connectivity index (χ0v) is 20.0. The third-order valence-electron chi connectivity index (χ3n) is 6.75. The van der Waals surface area contributed by atoms with Gasteiger partial charge in [0.05, 0.1) is 17.7 Å². The van der Waals surface area contributed by atoms with Gasteiger partial charge in [0.25, 0.3) is 0 Å². The van der Waals surface area contributed by atoms with Gasteiger partial charge in [-0.1, -0.05) is 30.3 Å². The molecule has 0 unspecified atom stereocenters. The van der Waals surface area contributed by atoms with Crippen molar-refractivity contribution < 1.29 is 18.0 Å². The molecule has 186 valence electrons. The fraction of sp³-hybridized carbons (Fsp3) is 0.286. The molecular formula is C28H27F3N4O. The summed E-state index contributed by atoms with van der Waals surface area (Å²) in [6.45, 7) is 4.12. The Morgan fingerprint density at radius 1 is 0.972 bits per heavy atom. The van der Waals surface area contributed by atoms with Crippen LogP contribution in [0.2, 0.25) is 0 Å². The average molecular weight is 493 g/mol. The van der Waals surface area contributed by atoms with Crippen molar-refractivity contribution in [2.45, 2.75) is 19.0 Å². The zero-order chi connectivity index (χ0) is 25.3. The molecule has 5 nitrogen and oxygen atoms in total. The molecule has 1 amide bonds. The molecule has 0 radical (unpaired) electrons. The molecule has 0 atom stereocenters. The summed E-state index contributed by atoms with van der Waals surface area (Å²) in [7, 11) is 2.14. The molecule has 1 aliphatic heterocycles. The van der Waals surface area contributed by atoms with Crippen LogP contribution < -0.4 is 10.2 Å². The molecule has 2 aliphatic rings. The molecule has 1 saturated heterocycles. The number of aromatic nitrogens is 1. The van der Waals surface area contributed by atoms with Crippen molar-refractivity contribution >= 4 is 17.3 Å². The number of anilines is 1. The Morgan fingerprint density at radius 3 is 2.33 bits per heavy atom. The van der Waals surface area contributed by atoms with E-state index in [0.717, 1.165) is 60.7 Å². The van der Waals surface area contributed by atoms with Crippen LogP contribution >= 0.6 is 0 Å². The summed E-state index contributed by atoms with van der Waals surface area (Å²) in [5, 5.41) is 2.91. The Balaban J connectivity index is 1.25. The molecule has 2 heterocycles. The maximum Gasteiger partial charge on any atom is 0.416 e. The number of fused-ring (bicyclic) bond motifs is 1. The summed E-state index contributed by atoms with van der Waals surface area (Å²) in [4.78, 5) is 21.9. The van der Waals surface area contributed by atoms with Gasteiger partial charge in [-0.25, -0.2) is 0 Å². The van der Waals surface area contributed by atoms with Crippen LogP contribution in [0.5, 0.6) is 0 Å². The number of nitrogens with one attached hydrogen (secondary N) is 1. The number of carbonyl (C=O) groups excluding carboxylic acids is 1. The second kappa shape index (κ2) is 9.78. The number of nitrogens with zero attached hydrogens (tertiary/aromatic N) is 3. The molecule has 36 heavy (non-hydrogen) atoms. The van der Waals surface area contributed by atoms with Crippen molar-refractivity contribution in [1.82, 2.24) is 15.2 Å². The van der Waals surface area contributed by atoms with Crippen LogP contribution in [0.15, 0.2) is 66.9 Å². The van der Waals surface area contributed by atoms with Crippen LogP contribution in [0.3, 0.4) is 0 Å². The van der Waals surface area contributed by atoms with Crippen molar-refractivity contribution in [3.63, 3.8) is 0 Å². The summed E-state index contributed by atoms with van der Waals surface area (Å²) in [6, 6.07) is 15.2. The largest absolute Gasteiger partial charge is 0.416 e. The van der Waals surface area contributed by atoms with E-state index in [0.29, 0.717) is 17.7 Å². The first-order chi connectivity index (χ1) is 17.3. The lowest BCUT2D eigenvalue weighted by Crippen LogP contribution is -2.44. The molecule has 0 saturated carbocycles. The molecular weight excluding hydrogens is 465 g/mol. The van der Waals surface area contributed by atoms with Gasteiger partial charge in [-0.2, -0.15) is 13.2 Å². The van der Waals surface area contributed by atoms with Gasteiger partial charge in [0, 0.05) is 61.3 Å². The smallest absolute Gasteiger partial charge is 0.369 e. The second-order valence-electron chi connectivity index (χ2n) is 9.30. The third kappa shape index (κ3) is 5.28. The van der Waals surface area contributed by atoms with Gasteiger partial charge < -0.3 is 15.1 Å². The van der Waals surface area contributed by atoms with Crippen molar-refractivity contribution in [1.29, 1.82) is 0 Å². The Bertz CT molecular complexity index is 1280. The number of piperazine rings is 1. The van der Waals surface area contributed by atoms with E-state index in [1.807, 2.05) is 18.3 Å². The number of carbonyl (C=O) groups is 1. The minimum absolute atomic E-state index is 0.00825. The zero-order valence-electron chi connectivity index (χ0n) is 20.0. The van der Waals surface area contributed by atoms with E-state index in [2.05, 4.69) is 51.4 Å². The third-order valence-corrected chi connectivity index (χ3v) is 6.75. The summed E-state index contributed by atoms with van der Waals surface area (Å²) in [5.74, 6) is -0.282. The first kappa shape index (κ1) is 24.1. The van der Waals surface area contributed by atoms with E-state index in [4.69, 9.17) is 0 Å². The first-order valence-electron chi connectivity index (χ1n) is 12.0. The molecule has 2 aromatic carbocycles. The van der Waals surface area contributed by atoms with Crippen LogP contribution in [-0.2, 0) is 23.8 Å². The Kier molecular flexibility index (Phi) is 6.53. The van der Waals surface area contributed by atoms with E-state index >= 15 is 0 Å². The van der Waals surface area contributed by atoms with Gasteiger partial charge in [0.1, 0.15) is 0 Å². The molecule has 1 N–H and O–H groups in total. The van der Waals surface area contributed by atoms with Gasteiger partial charge in [0.2, 0.25) is 5.91 Å². The summed E-state index contributed by atoms with van der Waals surface area (Å²) in [5.41, 5.74) is 5.45. The lowest BCUT2D eigenvalue weighted by Gasteiger charge is -2.34. The maximum atomic E-state index is 12.8. The molecule has 0 spiro atoms. The first-order valence-corrected chi connectivity index (χ1v) is 12.0. The van der Waals surface area contributed by atoms with Crippen molar-refractivity contribution in [2.24, 2.45) is 0 Å². The van der Waals surface area contributed by atoms with Crippen LogP contribution in [0.25, 0.3) is 16.8 Å². The number of allylic oxidation sites excluding steroid dienone is 1. The highest BCUT2D eigenvalue weighted by Crippen LogP contribution is 2.31. The highest BCUT2D eigenvalue weighted by Gasteiger charge is 2.30. The number of benzene rings is 2. The van der Waals surface area contributed by atoms with Crippen LogP contribution in [-0.4, -0.2) is 49.0 Å². The van der Waals surface area contributed by atoms with Gasteiger partial charge in [-0.05, 0) is 48.5 Å². The highest BCUT2D eigenvalue weighted by atomic mass is 19.4. The number of pyridine rings is 1. The SMILES string of the molecule is CN1CCN(c2ccc(-c3cnc4c(c3)C(NC(=O)Cc3ccc(C(F)(F)F)cc3)=CC4)cc2)CC1. The number of amides is 1. The lowest BCUT2D eigenvalue weighted by atomic mass is 10.0. The van der Waals surface area contributed by atoms with Crippen molar-refractivity contribution in [3.05, 3.63) is 89.3 Å². The fourth-order valence-electron chi connectivity index (χ4n) is 4.59. The number of rotatable bonds is 5. The predicted molar refractivity (Wildman–Crippen MR) is 134 cm³/mol. The number of hydrogen-bond donors (Lipinski definition) is 1. The normalized spacial score (nSPS) is 16.0. The van der Waals surface area contributed by atoms with Crippen LogP contribution in [0, 0.1) is 0 Å². The number of alkyl halides is 3. The number of hydrogen-bond acceptors (Lipinski definition) is 4.